The maximum atomic E-state index is 5.30. The van der Waals surface area contributed by atoms with Crippen molar-refractivity contribution in [2.75, 3.05) is 18.6 Å². The minimum absolute atomic E-state index is 0.0260. The monoisotopic (exact) mass is 316 g/mol. The molecule has 110 valence electrons. The second kappa shape index (κ2) is 6.37. The highest BCUT2D eigenvalue weighted by Crippen LogP contribution is 2.54. The summed E-state index contributed by atoms with van der Waals surface area (Å²) in [5.41, 5.74) is 4.07. The molecule has 1 aliphatic heterocycles. The Kier molecular flexibility index (Phi) is 4.51. The topological polar surface area (TPSA) is 9.23 Å². The molecule has 1 saturated heterocycles. The molecular weight excluding hydrogens is 296 g/mol. The third-order valence-corrected chi connectivity index (χ3v) is 7.25. The van der Waals surface area contributed by atoms with Crippen LogP contribution in [0.4, 0.5) is 0 Å². The Morgan fingerprint density at radius 2 is 1.38 bits per heavy atom. The van der Waals surface area contributed by atoms with Crippen LogP contribution in [0.5, 0.6) is 5.75 Å². The van der Waals surface area contributed by atoms with Crippen LogP contribution in [0, 0.1) is 6.92 Å². The summed E-state index contributed by atoms with van der Waals surface area (Å²) in [5, 5.41) is 0. The molecule has 0 spiro atoms. The third-order valence-electron chi connectivity index (χ3n) is 3.80. The van der Waals surface area contributed by atoms with Gasteiger partial charge in [0.2, 0.25) is 0 Å². The third kappa shape index (κ3) is 2.95. The van der Waals surface area contributed by atoms with Crippen LogP contribution >= 0.6 is 23.5 Å². The zero-order valence-electron chi connectivity index (χ0n) is 12.5. The average Bonchev–Trinajstić information content (AvgIpc) is 2.56. The number of benzene rings is 2. The highest BCUT2D eigenvalue weighted by molar-refractivity contribution is 8.18. The van der Waals surface area contributed by atoms with Gasteiger partial charge in [-0.05, 0) is 48.1 Å². The molecule has 1 aliphatic rings. The lowest BCUT2D eigenvalue weighted by molar-refractivity contribution is 0.414. The summed E-state index contributed by atoms with van der Waals surface area (Å²) in [6.45, 7) is 2.14. The van der Waals surface area contributed by atoms with Gasteiger partial charge in [-0.2, -0.15) is 0 Å². The van der Waals surface area contributed by atoms with E-state index in [1.54, 1.807) is 7.11 Å². The van der Waals surface area contributed by atoms with Gasteiger partial charge in [-0.25, -0.2) is 0 Å². The highest BCUT2D eigenvalue weighted by Gasteiger charge is 2.37. The van der Waals surface area contributed by atoms with Crippen molar-refractivity contribution in [3.05, 3.63) is 65.2 Å². The molecule has 1 nitrogen and oxygen atoms in total. The minimum atomic E-state index is 0.0260. The number of hydrogen-bond acceptors (Lipinski definition) is 3. The van der Waals surface area contributed by atoms with E-state index in [-0.39, 0.29) is 4.08 Å². The van der Waals surface area contributed by atoms with Gasteiger partial charge < -0.3 is 4.74 Å². The number of thioether (sulfide) groups is 2. The average molecular weight is 316 g/mol. The molecule has 0 N–H and O–H groups in total. The van der Waals surface area contributed by atoms with E-state index in [0.29, 0.717) is 0 Å². The van der Waals surface area contributed by atoms with E-state index >= 15 is 0 Å². The normalized spacial score (nSPS) is 17.4. The summed E-state index contributed by atoms with van der Waals surface area (Å²) in [5.74, 6) is 3.35. The fourth-order valence-corrected chi connectivity index (χ4v) is 6.00. The molecule has 0 radical (unpaired) electrons. The molecule has 21 heavy (non-hydrogen) atoms. The summed E-state index contributed by atoms with van der Waals surface area (Å²) >= 11 is 4.12. The van der Waals surface area contributed by atoms with Gasteiger partial charge in [0, 0.05) is 0 Å². The van der Waals surface area contributed by atoms with Crippen LogP contribution in [-0.2, 0) is 4.08 Å². The van der Waals surface area contributed by atoms with E-state index in [9.17, 15) is 0 Å². The Bertz CT molecular complexity index is 584. The zero-order chi connectivity index (χ0) is 14.7. The highest BCUT2D eigenvalue weighted by atomic mass is 32.2. The predicted octanol–water partition coefficient (Wildman–Crippen LogP) is 5.07. The van der Waals surface area contributed by atoms with E-state index in [1.165, 1.54) is 34.6 Å². The first-order chi connectivity index (χ1) is 10.2. The Labute approximate surface area is 135 Å². The van der Waals surface area contributed by atoms with E-state index in [1.807, 2.05) is 0 Å². The van der Waals surface area contributed by atoms with Crippen LogP contribution in [0.3, 0.4) is 0 Å². The number of aryl methyl sites for hydroxylation is 1. The van der Waals surface area contributed by atoms with Crippen LogP contribution in [0.15, 0.2) is 48.5 Å². The predicted molar refractivity (Wildman–Crippen MR) is 94.5 cm³/mol. The van der Waals surface area contributed by atoms with Gasteiger partial charge in [0.1, 0.15) is 9.83 Å². The van der Waals surface area contributed by atoms with E-state index in [4.69, 9.17) is 4.74 Å². The molecule has 0 aromatic heterocycles. The van der Waals surface area contributed by atoms with E-state index < -0.39 is 0 Å². The van der Waals surface area contributed by atoms with Crippen molar-refractivity contribution in [1.29, 1.82) is 0 Å². The molecule has 3 rings (SSSR count). The summed E-state index contributed by atoms with van der Waals surface area (Å²) in [7, 11) is 1.72. The number of methoxy groups -OCH3 is 1. The lowest BCUT2D eigenvalue weighted by Gasteiger charge is -2.37. The second-order valence-electron chi connectivity index (χ2n) is 5.26. The summed E-state index contributed by atoms with van der Waals surface area (Å²) in [4.78, 5) is 0. The van der Waals surface area contributed by atoms with Gasteiger partial charge in [0.25, 0.3) is 0 Å². The molecule has 0 bridgehead atoms. The first-order valence-electron chi connectivity index (χ1n) is 7.24. The fourth-order valence-electron chi connectivity index (χ4n) is 2.62. The van der Waals surface area contributed by atoms with Crippen molar-refractivity contribution in [2.45, 2.75) is 17.4 Å². The van der Waals surface area contributed by atoms with Crippen molar-refractivity contribution in [2.24, 2.45) is 0 Å². The molecule has 2 aromatic rings. The Hall–Kier alpha value is -1.06. The Morgan fingerprint density at radius 1 is 0.857 bits per heavy atom. The van der Waals surface area contributed by atoms with Crippen molar-refractivity contribution < 1.29 is 4.74 Å². The molecule has 2 aromatic carbocycles. The SMILES string of the molecule is COc1ccc(C2(c3ccc(C)cc3)SCCCS2)cc1. The van der Waals surface area contributed by atoms with Crippen LogP contribution in [0.2, 0.25) is 0 Å². The molecule has 3 heteroatoms. The molecule has 1 heterocycles. The molecule has 0 atom stereocenters. The smallest absolute Gasteiger partial charge is 0.118 e. The minimum Gasteiger partial charge on any atom is -0.497 e. The Morgan fingerprint density at radius 3 is 1.90 bits per heavy atom. The van der Waals surface area contributed by atoms with E-state index in [2.05, 4.69) is 79.0 Å². The maximum Gasteiger partial charge on any atom is 0.118 e. The summed E-state index contributed by atoms with van der Waals surface area (Å²) in [6.07, 6.45) is 1.29. The van der Waals surface area contributed by atoms with Crippen LogP contribution < -0.4 is 4.74 Å². The zero-order valence-corrected chi connectivity index (χ0v) is 14.1. The quantitative estimate of drug-likeness (QED) is 0.782. The van der Waals surface area contributed by atoms with Gasteiger partial charge in [-0.15, -0.1) is 23.5 Å². The van der Waals surface area contributed by atoms with Crippen LogP contribution in [0.1, 0.15) is 23.1 Å². The first-order valence-corrected chi connectivity index (χ1v) is 9.21. The van der Waals surface area contributed by atoms with Gasteiger partial charge in [0.15, 0.2) is 0 Å². The standard InChI is InChI=1S/C18H20OS2/c1-14-4-6-15(7-5-14)18(20-12-3-13-21-18)16-8-10-17(19-2)11-9-16/h4-11H,3,12-13H2,1-2H3. The van der Waals surface area contributed by atoms with Crippen LogP contribution in [-0.4, -0.2) is 18.6 Å². The number of ether oxygens (including phenoxy) is 1. The van der Waals surface area contributed by atoms with Gasteiger partial charge in [-0.3, -0.25) is 0 Å². The van der Waals surface area contributed by atoms with Crippen molar-refractivity contribution in [3.63, 3.8) is 0 Å². The van der Waals surface area contributed by atoms with Gasteiger partial charge in [0.05, 0.1) is 7.11 Å². The number of rotatable bonds is 3. The summed E-state index contributed by atoms with van der Waals surface area (Å²) < 4.78 is 5.32. The van der Waals surface area contributed by atoms with E-state index in [0.717, 1.165) is 5.75 Å². The van der Waals surface area contributed by atoms with Crippen molar-refractivity contribution in [3.8, 4) is 5.75 Å². The lowest BCUT2D eigenvalue weighted by atomic mass is 10.0. The second-order valence-corrected chi connectivity index (χ2v) is 8.14. The molecule has 0 amide bonds. The van der Waals surface area contributed by atoms with Crippen LogP contribution in [0.25, 0.3) is 0 Å². The molecular formula is C18H20OS2. The van der Waals surface area contributed by atoms with Gasteiger partial charge >= 0.3 is 0 Å². The van der Waals surface area contributed by atoms with Crippen molar-refractivity contribution >= 4 is 23.5 Å². The first kappa shape index (κ1) is 14.9. The molecule has 1 fully saturated rings. The lowest BCUT2D eigenvalue weighted by Crippen LogP contribution is -2.24. The number of hydrogen-bond donors (Lipinski definition) is 0. The largest absolute Gasteiger partial charge is 0.497 e. The van der Waals surface area contributed by atoms with Gasteiger partial charge in [-0.1, -0.05) is 42.0 Å². The molecule has 0 saturated carbocycles. The summed E-state index contributed by atoms with van der Waals surface area (Å²) in [6, 6.07) is 17.6. The maximum absolute atomic E-state index is 5.30. The molecule has 0 aliphatic carbocycles. The Balaban J connectivity index is 2.05. The molecule has 0 unspecified atom stereocenters. The fraction of sp³-hybridized carbons (Fsp3) is 0.333. The van der Waals surface area contributed by atoms with Crippen molar-refractivity contribution in [1.82, 2.24) is 0 Å².